The third-order valence-electron chi connectivity index (χ3n) is 5.25. The summed E-state index contributed by atoms with van der Waals surface area (Å²) in [4.78, 5) is 7.64. The van der Waals surface area contributed by atoms with Crippen molar-refractivity contribution in [3.05, 3.63) is 0 Å². The van der Waals surface area contributed by atoms with Gasteiger partial charge >= 0.3 is 0 Å². The van der Waals surface area contributed by atoms with Gasteiger partial charge in [0.2, 0.25) is 0 Å². The first kappa shape index (κ1) is 11.6. The number of aliphatic imine (C=N–C) groups is 1. The Morgan fingerprint density at radius 1 is 1.11 bits per heavy atom. The lowest BCUT2D eigenvalue weighted by molar-refractivity contribution is 0.308. The minimum Gasteiger partial charge on any atom is -0.361 e. The lowest BCUT2D eigenvalue weighted by atomic mass is 10.1. The Hall–Kier alpha value is -0.220. The van der Waals surface area contributed by atoms with Gasteiger partial charge in [0.05, 0.1) is 6.04 Å². The van der Waals surface area contributed by atoms with Crippen LogP contribution < -0.4 is 5.32 Å². The maximum Gasteiger partial charge on any atom is 0.157 e. The first-order chi connectivity index (χ1) is 8.90. The van der Waals surface area contributed by atoms with Crippen molar-refractivity contribution in [3.8, 4) is 0 Å². The minimum atomic E-state index is 0.648. The van der Waals surface area contributed by atoms with Gasteiger partial charge in [-0.05, 0) is 44.6 Å². The highest BCUT2D eigenvalue weighted by Crippen LogP contribution is 2.36. The maximum atomic E-state index is 4.97. The number of amidine groups is 1. The lowest BCUT2D eigenvalue weighted by Crippen LogP contribution is -2.43. The van der Waals surface area contributed by atoms with E-state index in [-0.39, 0.29) is 0 Å². The van der Waals surface area contributed by atoms with Crippen molar-refractivity contribution >= 4 is 16.9 Å². The zero-order valence-electron chi connectivity index (χ0n) is 11.0. The van der Waals surface area contributed by atoms with E-state index in [2.05, 4.69) is 10.2 Å². The highest BCUT2D eigenvalue weighted by atomic mass is 32.2. The summed E-state index contributed by atoms with van der Waals surface area (Å²) in [6.07, 6.45) is 8.24. The van der Waals surface area contributed by atoms with Gasteiger partial charge in [-0.25, -0.2) is 0 Å². The Bertz CT molecular complexity index is 357. The van der Waals surface area contributed by atoms with E-state index in [4.69, 9.17) is 4.99 Å². The molecule has 18 heavy (non-hydrogen) atoms. The van der Waals surface area contributed by atoms with Crippen LogP contribution in [0.4, 0.5) is 0 Å². The predicted molar refractivity (Wildman–Crippen MR) is 77.2 cm³/mol. The molecule has 0 aromatic carbocycles. The predicted octanol–water partition coefficient (Wildman–Crippen LogP) is 2.08. The first-order valence-electron chi connectivity index (χ1n) is 7.61. The SMILES string of the molecule is C1CC2CSC(NC3CCN4CCCC34)=NC2C1. The Morgan fingerprint density at radius 2 is 2.11 bits per heavy atom. The fourth-order valence-electron chi connectivity index (χ4n) is 4.24. The van der Waals surface area contributed by atoms with E-state index in [1.54, 1.807) is 0 Å². The molecule has 4 aliphatic rings. The molecule has 0 amide bonds. The number of hydrogen-bond donors (Lipinski definition) is 1. The van der Waals surface area contributed by atoms with E-state index in [0.717, 1.165) is 12.0 Å². The monoisotopic (exact) mass is 265 g/mol. The van der Waals surface area contributed by atoms with E-state index in [0.29, 0.717) is 12.1 Å². The second-order valence-electron chi connectivity index (χ2n) is 6.29. The van der Waals surface area contributed by atoms with Crippen LogP contribution in [0, 0.1) is 5.92 Å². The minimum absolute atomic E-state index is 0.648. The molecule has 1 saturated carbocycles. The fraction of sp³-hybridized carbons (Fsp3) is 0.929. The lowest BCUT2D eigenvalue weighted by Gasteiger charge is -2.27. The Morgan fingerprint density at radius 3 is 3.11 bits per heavy atom. The van der Waals surface area contributed by atoms with Crippen molar-refractivity contribution in [2.75, 3.05) is 18.8 Å². The summed E-state index contributed by atoms with van der Waals surface area (Å²) in [6.45, 7) is 2.62. The summed E-state index contributed by atoms with van der Waals surface area (Å²) >= 11 is 1.98. The van der Waals surface area contributed by atoms with E-state index >= 15 is 0 Å². The normalized spacial score (nSPS) is 43.7. The Kier molecular flexibility index (Phi) is 3.03. The Labute approximate surface area is 114 Å². The van der Waals surface area contributed by atoms with Gasteiger partial charge in [0.25, 0.3) is 0 Å². The van der Waals surface area contributed by atoms with Crippen molar-refractivity contribution < 1.29 is 0 Å². The molecule has 0 radical (unpaired) electrons. The standard InChI is InChI=1S/C14H23N3S/c1-3-10-9-18-14(15-11(10)4-1)16-12-6-8-17-7-2-5-13(12)17/h10-13H,1-9H2,(H,15,16). The second kappa shape index (κ2) is 4.71. The van der Waals surface area contributed by atoms with Crippen LogP contribution in [0.5, 0.6) is 0 Å². The highest BCUT2D eigenvalue weighted by Gasteiger charge is 2.38. The number of rotatable bonds is 1. The molecule has 4 rings (SSSR count). The van der Waals surface area contributed by atoms with Gasteiger partial charge < -0.3 is 5.32 Å². The molecule has 2 saturated heterocycles. The summed E-state index contributed by atoms with van der Waals surface area (Å²) in [5, 5.41) is 5.03. The van der Waals surface area contributed by atoms with Crippen molar-refractivity contribution in [1.29, 1.82) is 0 Å². The largest absolute Gasteiger partial charge is 0.361 e. The van der Waals surface area contributed by atoms with Crippen LogP contribution in [0.2, 0.25) is 0 Å². The van der Waals surface area contributed by atoms with Gasteiger partial charge in [0.15, 0.2) is 5.17 Å². The number of nitrogens with zero attached hydrogens (tertiary/aromatic N) is 2. The number of nitrogens with one attached hydrogen (secondary N) is 1. The topological polar surface area (TPSA) is 27.6 Å². The molecular weight excluding hydrogens is 242 g/mol. The third kappa shape index (κ3) is 1.97. The van der Waals surface area contributed by atoms with Crippen LogP contribution in [-0.4, -0.2) is 47.0 Å². The summed E-state index contributed by atoms with van der Waals surface area (Å²) in [7, 11) is 0. The number of fused-ring (bicyclic) bond motifs is 2. The average Bonchev–Trinajstić information content (AvgIpc) is 3.06. The van der Waals surface area contributed by atoms with Crippen molar-refractivity contribution in [2.45, 2.75) is 56.7 Å². The maximum absolute atomic E-state index is 4.97. The molecular formula is C14H23N3S. The average molecular weight is 265 g/mol. The van der Waals surface area contributed by atoms with Gasteiger partial charge in [-0.2, -0.15) is 0 Å². The molecule has 3 aliphatic heterocycles. The molecule has 0 bridgehead atoms. The smallest absolute Gasteiger partial charge is 0.157 e. The molecule has 3 nitrogen and oxygen atoms in total. The van der Waals surface area contributed by atoms with E-state index < -0.39 is 0 Å². The molecule has 0 aromatic heterocycles. The molecule has 1 aliphatic carbocycles. The van der Waals surface area contributed by atoms with Crippen molar-refractivity contribution in [3.63, 3.8) is 0 Å². The van der Waals surface area contributed by atoms with E-state index in [1.165, 1.54) is 62.5 Å². The van der Waals surface area contributed by atoms with E-state index in [1.807, 2.05) is 11.8 Å². The van der Waals surface area contributed by atoms with Crippen LogP contribution in [0.1, 0.15) is 38.5 Å². The van der Waals surface area contributed by atoms with E-state index in [9.17, 15) is 0 Å². The van der Waals surface area contributed by atoms with Crippen molar-refractivity contribution in [1.82, 2.24) is 10.2 Å². The quantitative estimate of drug-likeness (QED) is 0.787. The fourth-order valence-corrected chi connectivity index (χ4v) is 5.45. The van der Waals surface area contributed by atoms with Crippen LogP contribution >= 0.6 is 11.8 Å². The summed E-state index contributed by atoms with van der Waals surface area (Å²) in [5.41, 5.74) is 0. The molecule has 3 heterocycles. The van der Waals surface area contributed by atoms with Crippen LogP contribution in [0.25, 0.3) is 0 Å². The molecule has 4 atom stereocenters. The molecule has 3 fully saturated rings. The summed E-state index contributed by atoms with van der Waals surface area (Å²) in [5.74, 6) is 2.18. The molecule has 0 spiro atoms. The zero-order valence-corrected chi connectivity index (χ0v) is 11.8. The summed E-state index contributed by atoms with van der Waals surface area (Å²) < 4.78 is 0. The molecule has 4 heteroatoms. The number of hydrogen-bond acceptors (Lipinski definition) is 4. The zero-order chi connectivity index (χ0) is 11.9. The molecule has 1 N–H and O–H groups in total. The third-order valence-corrected chi connectivity index (χ3v) is 6.34. The van der Waals surface area contributed by atoms with Gasteiger partial charge in [-0.15, -0.1) is 0 Å². The van der Waals surface area contributed by atoms with Crippen LogP contribution in [-0.2, 0) is 0 Å². The van der Waals surface area contributed by atoms with Gasteiger partial charge in [0.1, 0.15) is 0 Å². The Balaban J connectivity index is 1.42. The molecule has 4 unspecified atom stereocenters. The van der Waals surface area contributed by atoms with Crippen LogP contribution in [0.15, 0.2) is 4.99 Å². The number of thioether (sulfide) groups is 1. The summed E-state index contributed by atoms with van der Waals surface area (Å²) in [6, 6.07) is 2.13. The van der Waals surface area contributed by atoms with Gasteiger partial charge in [-0.1, -0.05) is 18.2 Å². The van der Waals surface area contributed by atoms with Gasteiger partial charge in [0, 0.05) is 24.4 Å². The van der Waals surface area contributed by atoms with Crippen molar-refractivity contribution in [2.24, 2.45) is 10.9 Å². The highest BCUT2D eigenvalue weighted by molar-refractivity contribution is 8.13. The first-order valence-corrected chi connectivity index (χ1v) is 8.60. The van der Waals surface area contributed by atoms with Gasteiger partial charge in [-0.3, -0.25) is 9.89 Å². The van der Waals surface area contributed by atoms with Crippen LogP contribution in [0.3, 0.4) is 0 Å². The second-order valence-corrected chi connectivity index (χ2v) is 7.30. The molecule has 100 valence electrons. The molecule has 0 aromatic rings.